The molecule has 1 amide bonds. The molecule has 3 unspecified atom stereocenters. The number of rotatable bonds is 2. The molecule has 1 aliphatic carbocycles. The molecule has 4 nitrogen and oxygen atoms in total. The van der Waals surface area contributed by atoms with Gasteiger partial charge < -0.3 is 0 Å². The van der Waals surface area contributed by atoms with E-state index in [2.05, 4.69) is 34.7 Å². The Morgan fingerprint density at radius 1 is 1.25 bits per heavy atom. The molecule has 2 fully saturated rings. The van der Waals surface area contributed by atoms with Crippen LogP contribution in [-0.2, 0) is 4.79 Å². The first-order valence-corrected chi connectivity index (χ1v) is 9.38. The maximum absolute atomic E-state index is 12.8. The molecule has 0 radical (unpaired) electrons. The number of hydrazine groups is 1. The Morgan fingerprint density at radius 3 is 2.83 bits per heavy atom. The molecule has 3 atom stereocenters. The van der Waals surface area contributed by atoms with Crippen LogP contribution in [0.15, 0.2) is 29.3 Å². The van der Waals surface area contributed by atoms with Crippen LogP contribution in [0.1, 0.15) is 25.7 Å². The molecular weight excluding hydrogens is 365 g/mol. The van der Waals surface area contributed by atoms with Crippen molar-refractivity contribution in [3.05, 3.63) is 24.3 Å². The van der Waals surface area contributed by atoms with E-state index >= 15 is 0 Å². The summed E-state index contributed by atoms with van der Waals surface area (Å²) in [5, 5.41) is 2.12. The zero-order valence-corrected chi connectivity index (χ0v) is 16.1. The number of thioether (sulfide) groups is 1. The lowest BCUT2D eigenvalue weighted by molar-refractivity contribution is -0.131. The van der Waals surface area contributed by atoms with Crippen LogP contribution in [-0.4, -0.2) is 46.8 Å². The summed E-state index contributed by atoms with van der Waals surface area (Å²) in [4.78, 5) is 17.5. The Labute approximate surface area is 160 Å². The number of carbonyl (C=O) groups excluding carboxylic acids is 1. The number of aliphatic imine (C=N–C) groups is 1. The van der Waals surface area contributed by atoms with Crippen molar-refractivity contribution < 1.29 is 4.79 Å². The van der Waals surface area contributed by atoms with Crippen molar-refractivity contribution in [2.45, 2.75) is 30.4 Å². The lowest BCUT2D eigenvalue weighted by Crippen LogP contribution is -2.51. The molecule has 3 heterocycles. The average Bonchev–Trinajstić information content (AvgIpc) is 2.93. The highest BCUT2D eigenvalue weighted by atomic mass is 35.5. The van der Waals surface area contributed by atoms with E-state index in [0.29, 0.717) is 5.92 Å². The molecule has 3 aliphatic heterocycles. The zero-order chi connectivity index (χ0) is 15.0. The molecule has 7 heteroatoms. The van der Waals surface area contributed by atoms with Crippen LogP contribution in [0.25, 0.3) is 0 Å². The first-order chi connectivity index (χ1) is 10.8. The predicted octanol–water partition coefficient (Wildman–Crippen LogP) is 3.04. The van der Waals surface area contributed by atoms with Crippen LogP contribution in [0.2, 0.25) is 0 Å². The smallest absolute Gasteiger partial charge is 0.238 e. The molecule has 2 saturated heterocycles. The van der Waals surface area contributed by atoms with Crippen LogP contribution in [0, 0.1) is 11.8 Å². The quantitative estimate of drug-likeness (QED) is 0.788. The number of halogens is 2. The maximum Gasteiger partial charge on any atom is 0.238 e. The molecule has 0 bridgehead atoms. The van der Waals surface area contributed by atoms with E-state index in [9.17, 15) is 4.79 Å². The van der Waals surface area contributed by atoms with Crippen molar-refractivity contribution >= 4 is 48.2 Å². The molecule has 0 aromatic rings. The van der Waals surface area contributed by atoms with Gasteiger partial charge in [-0.1, -0.05) is 24.6 Å². The molecule has 1 spiro atoms. The second-order valence-electron chi connectivity index (χ2n) is 6.61. The average molecular weight is 390 g/mol. The highest BCUT2D eigenvalue weighted by molar-refractivity contribution is 8.02. The number of hydrogen-bond donors (Lipinski definition) is 1. The van der Waals surface area contributed by atoms with Gasteiger partial charge in [0, 0.05) is 25.4 Å². The summed E-state index contributed by atoms with van der Waals surface area (Å²) >= 11 is 1.91. The van der Waals surface area contributed by atoms with Crippen LogP contribution >= 0.6 is 36.6 Å². The SMILES string of the molecule is Cl.Cl.O=C(NN1CCCCC1)C1CSC23C=CC=CC2=NCCC13. The molecular formula is C17H25Cl2N3OS. The van der Waals surface area contributed by atoms with Crippen molar-refractivity contribution in [3.8, 4) is 0 Å². The fourth-order valence-corrected chi connectivity index (χ4v) is 5.96. The summed E-state index contributed by atoms with van der Waals surface area (Å²) in [7, 11) is 0. The van der Waals surface area contributed by atoms with Crippen LogP contribution in [0.3, 0.4) is 0 Å². The van der Waals surface area contributed by atoms with Gasteiger partial charge in [0.05, 0.1) is 16.4 Å². The van der Waals surface area contributed by atoms with Crippen LogP contribution < -0.4 is 5.43 Å². The maximum atomic E-state index is 12.8. The van der Waals surface area contributed by atoms with E-state index in [-0.39, 0.29) is 41.4 Å². The Morgan fingerprint density at radius 2 is 2.04 bits per heavy atom. The van der Waals surface area contributed by atoms with Crippen molar-refractivity contribution in [1.29, 1.82) is 0 Å². The second kappa shape index (κ2) is 8.26. The monoisotopic (exact) mass is 389 g/mol. The van der Waals surface area contributed by atoms with E-state index in [0.717, 1.165) is 31.8 Å². The van der Waals surface area contributed by atoms with Gasteiger partial charge in [-0.05, 0) is 31.3 Å². The van der Waals surface area contributed by atoms with E-state index in [1.165, 1.54) is 25.0 Å². The van der Waals surface area contributed by atoms with Gasteiger partial charge in [0.25, 0.3) is 0 Å². The van der Waals surface area contributed by atoms with Crippen molar-refractivity contribution in [2.24, 2.45) is 16.8 Å². The van der Waals surface area contributed by atoms with Gasteiger partial charge in [0.1, 0.15) is 0 Å². The summed E-state index contributed by atoms with van der Waals surface area (Å²) in [5.41, 5.74) is 4.36. The van der Waals surface area contributed by atoms with Crippen molar-refractivity contribution in [3.63, 3.8) is 0 Å². The second-order valence-corrected chi connectivity index (χ2v) is 7.91. The molecule has 0 saturated carbocycles. The van der Waals surface area contributed by atoms with Crippen molar-refractivity contribution in [1.82, 2.24) is 10.4 Å². The Balaban J connectivity index is 0.00000104. The van der Waals surface area contributed by atoms with E-state index in [1.807, 2.05) is 11.8 Å². The largest absolute Gasteiger partial charge is 0.289 e. The van der Waals surface area contributed by atoms with Gasteiger partial charge in [-0.3, -0.25) is 15.2 Å². The number of amides is 1. The number of hydrogen-bond acceptors (Lipinski definition) is 4. The minimum atomic E-state index is -0.0447. The summed E-state index contributed by atoms with van der Waals surface area (Å²) < 4.78 is -0.0447. The molecule has 0 aromatic carbocycles. The number of nitrogens with one attached hydrogen (secondary N) is 1. The summed E-state index contributed by atoms with van der Waals surface area (Å²) in [6, 6.07) is 0. The van der Waals surface area contributed by atoms with Gasteiger partial charge in [-0.2, -0.15) is 0 Å². The number of carbonyl (C=O) groups is 1. The summed E-state index contributed by atoms with van der Waals surface area (Å²) in [6.07, 6.45) is 13.3. The number of allylic oxidation sites excluding steroid dienone is 3. The molecule has 4 rings (SSSR count). The van der Waals surface area contributed by atoms with Crippen LogP contribution in [0.4, 0.5) is 0 Å². The van der Waals surface area contributed by atoms with Gasteiger partial charge in [0.15, 0.2) is 0 Å². The zero-order valence-electron chi connectivity index (χ0n) is 13.6. The predicted molar refractivity (Wildman–Crippen MR) is 105 cm³/mol. The molecule has 1 N–H and O–H groups in total. The third-order valence-electron chi connectivity index (χ3n) is 5.33. The third kappa shape index (κ3) is 3.41. The Kier molecular flexibility index (Phi) is 6.82. The highest BCUT2D eigenvalue weighted by Crippen LogP contribution is 2.52. The Bertz CT molecular complexity index is 560. The molecule has 0 aromatic heterocycles. The van der Waals surface area contributed by atoms with Gasteiger partial charge in [0.2, 0.25) is 5.91 Å². The third-order valence-corrected chi connectivity index (χ3v) is 6.98. The highest BCUT2D eigenvalue weighted by Gasteiger charge is 2.54. The van der Waals surface area contributed by atoms with E-state index in [4.69, 9.17) is 4.99 Å². The molecule has 24 heavy (non-hydrogen) atoms. The minimum Gasteiger partial charge on any atom is -0.289 e. The Hall–Kier alpha value is -0.490. The summed E-state index contributed by atoms with van der Waals surface area (Å²) in [6.45, 7) is 2.85. The minimum absolute atomic E-state index is 0. The van der Waals surface area contributed by atoms with E-state index in [1.54, 1.807) is 0 Å². The lowest BCUT2D eigenvalue weighted by Gasteiger charge is -2.38. The van der Waals surface area contributed by atoms with Crippen LogP contribution in [0.5, 0.6) is 0 Å². The van der Waals surface area contributed by atoms with Gasteiger partial charge >= 0.3 is 0 Å². The van der Waals surface area contributed by atoms with Crippen molar-refractivity contribution in [2.75, 3.05) is 25.4 Å². The first-order valence-electron chi connectivity index (χ1n) is 8.40. The molecule has 134 valence electrons. The molecule has 4 aliphatic rings. The number of piperidine rings is 1. The topological polar surface area (TPSA) is 44.7 Å². The van der Waals surface area contributed by atoms with Gasteiger partial charge in [-0.25, -0.2) is 5.01 Å². The number of nitrogens with zero attached hydrogens (tertiary/aromatic N) is 2. The fourth-order valence-electron chi connectivity index (χ4n) is 4.17. The van der Waals surface area contributed by atoms with E-state index < -0.39 is 0 Å². The normalized spacial score (nSPS) is 34.2. The lowest BCUT2D eigenvalue weighted by atomic mass is 9.74. The van der Waals surface area contributed by atoms with Gasteiger partial charge in [-0.15, -0.1) is 36.6 Å². The standard InChI is InChI=1S/C17H23N3OS.2ClH/c21-16(19-20-10-4-1-5-11-20)13-12-22-17-8-3-2-6-15(17)18-9-7-14(13)17;;/h2-3,6,8,13-14H,1,4-5,7,9-12H2,(H,19,21);2*1H. The fraction of sp³-hybridized carbons (Fsp3) is 0.647. The first kappa shape index (κ1) is 19.8. The summed E-state index contributed by atoms with van der Waals surface area (Å²) in [5.74, 6) is 1.62.